The molecule has 2 saturated heterocycles. The van der Waals surface area contributed by atoms with E-state index < -0.39 is 0 Å². The Morgan fingerprint density at radius 2 is 1.87 bits per heavy atom. The van der Waals surface area contributed by atoms with E-state index in [1.165, 1.54) is 51.5 Å². The molecule has 0 bridgehead atoms. The van der Waals surface area contributed by atoms with Crippen LogP contribution in [0.2, 0.25) is 0 Å². The lowest BCUT2D eigenvalue weighted by atomic mass is 10.1. The Kier molecular flexibility index (Phi) is 5.84. The van der Waals surface area contributed by atoms with Crippen LogP contribution in [0.3, 0.4) is 0 Å². The minimum absolute atomic E-state index is 0.0989. The summed E-state index contributed by atoms with van der Waals surface area (Å²) in [6, 6.07) is 4.78. The molecule has 30 heavy (non-hydrogen) atoms. The number of carbonyl (C=O) groups is 1. The smallest absolute Gasteiger partial charge is 0.220 e. The van der Waals surface area contributed by atoms with Crippen LogP contribution in [0.4, 0.5) is 5.82 Å². The Bertz CT molecular complexity index is 869. The number of nitrogens with zero attached hydrogens (tertiary/aromatic N) is 6. The summed E-state index contributed by atoms with van der Waals surface area (Å²) in [6.07, 6.45) is 10.1. The molecule has 2 aliphatic heterocycles. The van der Waals surface area contributed by atoms with Crippen LogP contribution in [0.25, 0.3) is 5.65 Å². The molecule has 5 rings (SSSR count). The Hall–Kier alpha value is -2.22. The molecular formula is C22H33N7O. The molecule has 1 atom stereocenters. The summed E-state index contributed by atoms with van der Waals surface area (Å²) in [5.41, 5.74) is 0.742. The number of carbonyl (C=O) groups excluding carboxylic acids is 1. The first-order valence-electron chi connectivity index (χ1n) is 11.7. The van der Waals surface area contributed by atoms with Crippen LogP contribution >= 0.6 is 0 Å². The van der Waals surface area contributed by atoms with E-state index in [9.17, 15) is 4.79 Å². The van der Waals surface area contributed by atoms with Crippen molar-refractivity contribution >= 4 is 17.4 Å². The molecule has 3 aliphatic rings. The first-order chi connectivity index (χ1) is 14.8. The van der Waals surface area contributed by atoms with E-state index in [1.807, 2.05) is 12.1 Å². The first kappa shape index (κ1) is 19.7. The van der Waals surface area contributed by atoms with E-state index in [4.69, 9.17) is 5.10 Å². The van der Waals surface area contributed by atoms with Crippen molar-refractivity contribution < 1.29 is 4.79 Å². The van der Waals surface area contributed by atoms with E-state index in [-0.39, 0.29) is 5.91 Å². The SMILES string of the molecule is O=C(CCc1nnc2ccc(N3CCCC3)nn12)NC[C@H]1CCN(C2CCCC2)C1. The molecule has 2 aromatic heterocycles. The van der Waals surface area contributed by atoms with Crippen molar-refractivity contribution in [1.29, 1.82) is 0 Å². The normalized spacial score (nSPS) is 23.1. The second-order valence-electron chi connectivity index (χ2n) is 9.16. The standard InChI is InChI=1S/C22H33N7O/c30-22(23-15-17-11-14-28(16-17)18-5-1-2-6-18)10-9-20-25-24-19-7-8-21(26-29(19)20)27-12-3-4-13-27/h7-8,17-18H,1-6,9-16H2,(H,23,30)/t17-/m1/s1. The molecular weight excluding hydrogens is 378 g/mol. The maximum Gasteiger partial charge on any atom is 0.220 e. The number of nitrogens with one attached hydrogen (secondary N) is 1. The summed E-state index contributed by atoms with van der Waals surface area (Å²) in [4.78, 5) is 17.4. The van der Waals surface area contributed by atoms with E-state index in [2.05, 4.69) is 25.3 Å². The van der Waals surface area contributed by atoms with Crippen molar-refractivity contribution in [3.8, 4) is 0 Å². The second-order valence-corrected chi connectivity index (χ2v) is 9.16. The quantitative estimate of drug-likeness (QED) is 0.751. The average Bonchev–Trinajstić information content (AvgIpc) is 3.56. The van der Waals surface area contributed by atoms with Crippen LogP contribution in [0.5, 0.6) is 0 Å². The topological polar surface area (TPSA) is 78.7 Å². The fourth-order valence-electron chi connectivity index (χ4n) is 5.30. The van der Waals surface area contributed by atoms with Gasteiger partial charge >= 0.3 is 0 Å². The highest BCUT2D eigenvalue weighted by atomic mass is 16.1. The maximum atomic E-state index is 12.4. The van der Waals surface area contributed by atoms with Crippen LogP contribution in [-0.4, -0.2) is 69.4 Å². The van der Waals surface area contributed by atoms with E-state index in [0.717, 1.165) is 49.5 Å². The number of aryl methyl sites for hydroxylation is 1. The van der Waals surface area contributed by atoms with E-state index in [0.29, 0.717) is 18.8 Å². The number of aromatic nitrogens is 4. The van der Waals surface area contributed by atoms with Gasteiger partial charge in [0, 0.05) is 45.1 Å². The number of hydrogen-bond acceptors (Lipinski definition) is 6. The second kappa shape index (κ2) is 8.88. The number of amides is 1. The number of likely N-dealkylation sites (tertiary alicyclic amines) is 1. The van der Waals surface area contributed by atoms with Gasteiger partial charge in [-0.3, -0.25) is 4.79 Å². The zero-order chi connectivity index (χ0) is 20.3. The van der Waals surface area contributed by atoms with Gasteiger partial charge in [0.15, 0.2) is 11.5 Å². The van der Waals surface area contributed by atoms with Gasteiger partial charge in [-0.15, -0.1) is 15.3 Å². The number of hydrogen-bond donors (Lipinski definition) is 1. The molecule has 162 valence electrons. The molecule has 0 radical (unpaired) electrons. The highest BCUT2D eigenvalue weighted by Crippen LogP contribution is 2.28. The third-order valence-electron chi connectivity index (χ3n) is 7.07. The highest BCUT2D eigenvalue weighted by Gasteiger charge is 2.29. The molecule has 0 aromatic carbocycles. The number of anilines is 1. The van der Waals surface area contributed by atoms with Crippen molar-refractivity contribution in [2.45, 2.75) is 63.8 Å². The Morgan fingerprint density at radius 1 is 1.03 bits per heavy atom. The van der Waals surface area contributed by atoms with E-state index >= 15 is 0 Å². The molecule has 1 N–H and O–H groups in total. The molecule has 0 unspecified atom stereocenters. The molecule has 1 amide bonds. The summed E-state index contributed by atoms with van der Waals surface area (Å²) in [5, 5.41) is 16.4. The number of fused-ring (bicyclic) bond motifs is 1. The largest absolute Gasteiger partial charge is 0.356 e. The van der Waals surface area contributed by atoms with Crippen molar-refractivity contribution in [3.63, 3.8) is 0 Å². The predicted molar refractivity (Wildman–Crippen MR) is 115 cm³/mol. The first-order valence-corrected chi connectivity index (χ1v) is 11.7. The fourth-order valence-corrected chi connectivity index (χ4v) is 5.30. The van der Waals surface area contributed by atoms with Crippen LogP contribution < -0.4 is 10.2 Å². The molecule has 0 spiro atoms. The lowest BCUT2D eigenvalue weighted by Crippen LogP contribution is -2.34. The summed E-state index contributed by atoms with van der Waals surface area (Å²) < 4.78 is 1.80. The van der Waals surface area contributed by atoms with Crippen LogP contribution in [-0.2, 0) is 11.2 Å². The van der Waals surface area contributed by atoms with Gasteiger partial charge in [-0.25, -0.2) is 0 Å². The lowest BCUT2D eigenvalue weighted by Gasteiger charge is -2.23. The minimum atomic E-state index is 0.0989. The molecule has 8 nitrogen and oxygen atoms in total. The Morgan fingerprint density at radius 3 is 2.70 bits per heavy atom. The van der Waals surface area contributed by atoms with Crippen LogP contribution in [0.1, 0.15) is 57.2 Å². The van der Waals surface area contributed by atoms with E-state index in [1.54, 1.807) is 4.52 Å². The van der Waals surface area contributed by atoms with Crippen molar-refractivity contribution in [2.24, 2.45) is 5.92 Å². The summed E-state index contributed by atoms with van der Waals surface area (Å²) >= 11 is 0. The predicted octanol–water partition coefficient (Wildman–Crippen LogP) is 2.04. The highest BCUT2D eigenvalue weighted by molar-refractivity contribution is 5.76. The molecule has 3 fully saturated rings. The van der Waals surface area contributed by atoms with Gasteiger partial charge in [0.2, 0.25) is 5.91 Å². The van der Waals surface area contributed by atoms with Crippen molar-refractivity contribution in [3.05, 3.63) is 18.0 Å². The van der Waals surface area contributed by atoms with Gasteiger partial charge in [0.25, 0.3) is 0 Å². The Labute approximate surface area is 178 Å². The van der Waals surface area contributed by atoms with Crippen LogP contribution in [0.15, 0.2) is 12.1 Å². The average molecular weight is 412 g/mol. The van der Waals surface area contributed by atoms with Gasteiger partial charge in [0.1, 0.15) is 5.82 Å². The zero-order valence-corrected chi connectivity index (χ0v) is 17.8. The van der Waals surface area contributed by atoms with Gasteiger partial charge in [-0.2, -0.15) is 4.52 Å². The van der Waals surface area contributed by atoms with Gasteiger partial charge in [-0.05, 0) is 56.7 Å². The molecule has 4 heterocycles. The molecule has 2 aromatic rings. The maximum absolute atomic E-state index is 12.4. The third-order valence-corrected chi connectivity index (χ3v) is 7.07. The van der Waals surface area contributed by atoms with Gasteiger partial charge in [0.05, 0.1) is 0 Å². The molecule has 1 saturated carbocycles. The fraction of sp³-hybridized carbons (Fsp3) is 0.727. The lowest BCUT2D eigenvalue weighted by molar-refractivity contribution is -0.121. The van der Waals surface area contributed by atoms with Gasteiger partial charge < -0.3 is 15.1 Å². The Balaban J connectivity index is 1.11. The molecule has 8 heteroatoms. The summed E-state index contributed by atoms with van der Waals surface area (Å²) in [7, 11) is 0. The van der Waals surface area contributed by atoms with Gasteiger partial charge in [-0.1, -0.05) is 12.8 Å². The summed E-state index contributed by atoms with van der Waals surface area (Å²) in [5.74, 6) is 2.42. The summed E-state index contributed by atoms with van der Waals surface area (Å²) in [6.45, 7) is 5.24. The van der Waals surface area contributed by atoms with Crippen LogP contribution in [0, 0.1) is 5.92 Å². The zero-order valence-electron chi connectivity index (χ0n) is 17.8. The van der Waals surface area contributed by atoms with Crippen molar-refractivity contribution in [2.75, 3.05) is 37.6 Å². The van der Waals surface area contributed by atoms with Crippen molar-refractivity contribution in [1.82, 2.24) is 30.0 Å². The third kappa shape index (κ3) is 4.29. The monoisotopic (exact) mass is 411 g/mol. The molecule has 1 aliphatic carbocycles. The number of rotatable bonds is 7. The minimum Gasteiger partial charge on any atom is -0.356 e.